The van der Waals surface area contributed by atoms with E-state index >= 15 is 0 Å². The van der Waals surface area contributed by atoms with E-state index in [-0.39, 0.29) is 12.2 Å². The minimum Gasteiger partial charge on any atom is -0.478 e. The zero-order valence-corrected chi connectivity index (χ0v) is 11.0. The van der Waals surface area contributed by atoms with Crippen molar-refractivity contribution in [2.45, 2.75) is 13.5 Å². The molecule has 0 radical (unpaired) electrons. The first-order valence-electron chi connectivity index (χ1n) is 5.88. The van der Waals surface area contributed by atoms with Gasteiger partial charge in [-0.25, -0.2) is 13.6 Å². The number of carboxylic acids is 1. The minimum atomic E-state index is -1.50. The molecule has 0 amide bonds. The van der Waals surface area contributed by atoms with Gasteiger partial charge < -0.3 is 14.4 Å². The van der Waals surface area contributed by atoms with Crippen LogP contribution < -0.4 is 4.90 Å². The summed E-state index contributed by atoms with van der Waals surface area (Å²) in [5.41, 5.74) is -0.713. The van der Waals surface area contributed by atoms with Crippen LogP contribution in [0.2, 0.25) is 0 Å². The average molecular weight is 281 g/mol. The Bertz CT molecular complexity index is 652. The predicted octanol–water partition coefficient (Wildman–Crippen LogP) is 3.20. The lowest BCUT2D eigenvalue weighted by Gasteiger charge is -2.19. The van der Waals surface area contributed by atoms with Crippen LogP contribution in [0.15, 0.2) is 28.7 Å². The number of hydrogen-bond acceptors (Lipinski definition) is 3. The second-order valence-corrected chi connectivity index (χ2v) is 4.43. The first kappa shape index (κ1) is 14.0. The highest BCUT2D eigenvalue weighted by Gasteiger charge is 2.20. The molecule has 2 aromatic rings. The summed E-state index contributed by atoms with van der Waals surface area (Å²) < 4.78 is 32.8. The van der Waals surface area contributed by atoms with Crippen LogP contribution in [0.4, 0.5) is 14.5 Å². The quantitative estimate of drug-likeness (QED) is 0.935. The molecule has 106 valence electrons. The molecule has 0 atom stereocenters. The highest BCUT2D eigenvalue weighted by molar-refractivity contribution is 5.88. The first-order valence-corrected chi connectivity index (χ1v) is 5.88. The van der Waals surface area contributed by atoms with Gasteiger partial charge in [0.1, 0.15) is 11.5 Å². The van der Waals surface area contributed by atoms with Crippen LogP contribution in [-0.2, 0) is 6.54 Å². The van der Waals surface area contributed by atoms with E-state index < -0.39 is 23.2 Å². The summed E-state index contributed by atoms with van der Waals surface area (Å²) in [5, 5.41) is 8.72. The molecule has 2 rings (SSSR count). The number of furan rings is 1. The number of nitrogens with zero attached hydrogens (tertiary/aromatic N) is 1. The van der Waals surface area contributed by atoms with E-state index in [0.717, 1.165) is 11.8 Å². The van der Waals surface area contributed by atoms with Crippen molar-refractivity contribution >= 4 is 11.7 Å². The minimum absolute atomic E-state index is 0.0263. The highest BCUT2D eigenvalue weighted by atomic mass is 19.2. The van der Waals surface area contributed by atoms with Crippen LogP contribution in [0.1, 0.15) is 21.9 Å². The molecule has 20 heavy (non-hydrogen) atoms. The van der Waals surface area contributed by atoms with E-state index in [2.05, 4.69) is 0 Å². The van der Waals surface area contributed by atoms with E-state index in [0.29, 0.717) is 5.76 Å². The molecule has 0 spiro atoms. The Morgan fingerprint density at radius 3 is 2.50 bits per heavy atom. The van der Waals surface area contributed by atoms with Gasteiger partial charge in [0.2, 0.25) is 0 Å². The van der Waals surface area contributed by atoms with Crippen molar-refractivity contribution in [2.24, 2.45) is 0 Å². The Balaban J connectivity index is 2.28. The number of halogens is 2. The Labute approximate surface area is 114 Å². The van der Waals surface area contributed by atoms with Crippen LogP contribution >= 0.6 is 0 Å². The molecule has 6 heteroatoms. The van der Waals surface area contributed by atoms with Gasteiger partial charge in [-0.15, -0.1) is 0 Å². The number of hydrogen-bond donors (Lipinski definition) is 1. The van der Waals surface area contributed by atoms with Gasteiger partial charge in [-0.1, -0.05) is 0 Å². The number of aryl methyl sites for hydroxylation is 1. The van der Waals surface area contributed by atoms with Gasteiger partial charge in [0.15, 0.2) is 11.6 Å². The lowest BCUT2D eigenvalue weighted by molar-refractivity contribution is 0.0690. The van der Waals surface area contributed by atoms with Crippen LogP contribution in [-0.4, -0.2) is 18.1 Å². The SMILES string of the molecule is Cc1ccc(CN(C)c2ccc(C(=O)O)c(F)c2F)o1. The molecule has 0 aliphatic rings. The van der Waals surface area contributed by atoms with Gasteiger partial charge in [0, 0.05) is 7.05 Å². The zero-order valence-electron chi connectivity index (χ0n) is 11.0. The van der Waals surface area contributed by atoms with Gasteiger partial charge in [-0.2, -0.15) is 0 Å². The Morgan fingerprint density at radius 2 is 1.95 bits per heavy atom. The molecule has 1 N–H and O–H groups in total. The van der Waals surface area contributed by atoms with Crippen LogP contribution in [0, 0.1) is 18.6 Å². The van der Waals surface area contributed by atoms with Crippen molar-refractivity contribution in [3.63, 3.8) is 0 Å². The molecule has 0 unspecified atom stereocenters. The normalized spacial score (nSPS) is 10.6. The maximum absolute atomic E-state index is 13.9. The summed E-state index contributed by atoms with van der Waals surface area (Å²) in [6.45, 7) is 2.03. The lowest BCUT2D eigenvalue weighted by atomic mass is 10.1. The standard InChI is InChI=1S/C14H13F2NO3/c1-8-3-4-9(20-8)7-17(2)11-6-5-10(14(18)19)12(15)13(11)16/h3-6H,7H2,1-2H3,(H,18,19). The topological polar surface area (TPSA) is 53.7 Å². The van der Waals surface area contributed by atoms with E-state index in [1.807, 2.05) is 0 Å². The van der Waals surface area contributed by atoms with Crippen molar-refractivity contribution in [3.05, 3.63) is 53.0 Å². The van der Waals surface area contributed by atoms with Gasteiger partial charge in [0.05, 0.1) is 17.8 Å². The Kier molecular flexibility index (Phi) is 3.74. The molecule has 0 fully saturated rings. The van der Waals surface area contributed by atoms with Crippen molar-refractivity contribution in [3.8, 4) is 0 Å². The van der Waals surface area contributed by atoms with Crippen LogP contribution in [0.25, 0.3) is 0 Å². The van der Waals surface area contributed by atoms with Crippen molar-refractivity contribution < 1.29 is 23.1 Å². The summed E-state index contributed by atoms with van der Waals surface area (Å²) in [4.78, 5) is 12.2. The second-order valence-electron chi connectivity index (χ2n) is 4.43. The molecule has 4 nitrogen and oxygen atoms in total. The lowest BCUT2D eigenvalue weighted by Crippen LogP contribution is -2.18. The van der Waals surface area contributed by atoms with E-state index in [1.165, 1.54) is 11.0 Å². The van der Waals surface area contributed by atoms with Gasteiger partial charge in [-0.3, -0.25) is 0 Å². The third kappa shape index (κ3) is 2.64. The molecule has 0 aliphatic carbocycles. The fourth-order valence-electron chi connectivity index (χ4n) is 1.89. The van der Waals surface area contributed by atoms with Gasteiger partial charge >= 0.3 is 5.97 Å². The third-order valence-corrected chi connectivity index (χ3v) is 2.89. The summed E-state index contributed by atoms with van der Waals surface area (Å²) in [7, 11) is 1.57. The van der Waals surface area contributed by atoms with E-state index in [1.54, 1.807) is 26.1 Å². The largest absolute Gasteiger partial charge is 0.478 e. The summed E-state index contributed by atoms with van der Waals surface area (Å²) in [6, 6.07) is 5.79. The highest BCUT2D eigenvalue weighted by Crippen LogP contribution is 2.25. The number of carbonyl (C=O) groups is 1. The molecule has 0 aliphatic heterocycles. The average Bonchev–Trinajstić information content (AvgIpc) is 2.77. The van der Waals surface area contributed by atoms with Gasteiger partial charge in [0.25, 0.3) is 0 Å². The summed E-state index contributed by atoms with van der Waals surface area (Å²) in [6.07, 6.45) is 0. The number of rotatable bonds is 4. The van der Waals surface area contributed by atoms with Crippen LogP contribution in [0.5, 0.6) is 0 Å². The molecular formula is C14H13F2NO3. The number of benzene rings is 1. The second kappa shape index (κ2) is 5.32. The molecule has 1 aromatic heterocycles. The molecule has 0 saturated carbocycles. The van der Waals surface area contributed by atoms with E-state index in [4.69, 9.17) is 9.52 Å². The summed E-state index contributed by atoms with van der Waals surface area (Å²) >= 11 is 0. The molecule has 1 heterocycles. The monoisotopic (exact) mass is 281 g/mol. The predicted molar refractivity (Wildman–Crippen MR) is 68.9 cm³/mol. The third-order valence-electron chi connectivity index (χ3n) is 2.89. The molecule has 1 aromatic carbocycles. The molecule has 0 saturated heterocycles. The smallest absolute Gasteiger partial charge is 0.338 e. The van der Waals surface area contributed by atoms with Crippen molar-refractivity contribution in [1.82, 2.24) is 0 Å². The van der Waals surface area contributed by atoms with Crippen molar-refractivity contribution in [1.29, 1.82) is 0 Å². The fraction of sp³-hybridized carbons (Fsp3) is 0.214. The van der Waals surface area contributed by atoms with Gasteiger partial charge in [-0.05, 0) is 31.2 Å². The Hall–Kier alpha value is -2.37. The molecular weight excluding hydrogens is 268 g/mol. The maximum atomic E-state index is 13.9. The maximum Gasteiger partial charge on any atom is 0.338 e. The van der Waals surface area contributed by atoms with E-state index in [9.17, 15) is 13.6 Å². The first-order chi connectivity index (χ1) is 9.40. The van der Waals surface area contributed by atoms with Crippen LogP contribution in [0.3, 0.4) is 0 Å². The number of aromatic carboxylic acids is 1. The molecule has 0 bridgehead atoms. The number of anilines is 1. The zero-order chi connectivity index (χ0) is 14.9. The Morgan fingerprint density at radius 1 is 1.25 bits per heavy atom. The fourth-order valence-corrected chi connectivity index (χ4v) is 1.89. The summed E-state index contributed by atoms with van der Waals surface area (Å²) in [5.74, 6) is -2.72. The van der Waals surface area contributed by atoms with Crippen molar-refractivity contribution in [2.75, 3.05) is 11.9 Å². The number of carboxylic acid groups (broad SMARTS) is 1.